The summed E-state index contributed by atoms with van der Waals surface area (Å²) in [7, 11) is -1.99. The molecule has 1 atom stereocenters. The monoisotopic (exact) mass is 316 g/mol. The molecule has 0 bridgehead atoms. The molecule has 2 N–H and O–H groups in total. The van der Waals surface area contributed by atoms with E-state index in [9.17, 15) is 12.8 Å². The van der Waals surface area contributed by atoms with Crippen LogP contribution in [0.1, 0.15) is 39.2 Å². The van der Waals surface area contributed by atoms with E-state index >= 15 is 0 Å². The standard InChI is InChI=1S/C15H25FN2O2S/c1-11(2)5-6-12(3)18-21(19,20)15-9-14(16)8-7-13(15)10-17-4/h7-9,11-12,17-18H,5-6,10H2,1-4H3. The van der Waals surface area contributed by atoms with Crippen LogP contribution in [0.4, 0.5) is 4.39 Å². The fourth-order valence-corrected chi connectivity index (χ4v) is 3.61. The molecule has 0 radical (unpaired) electrons. The molecule has 0 spiro atoms. The fourth-order valence-electron chi connectivity index (χ4n) is 2.09. The molecule has 21 heavy (non-hydrogen) atoms. The van der Waals surface area contributed by atoms with E-state index in [-0.39, 0.29) is 10.9 Å². The van der Waals surface area contributed by atoms with Crippen LogP contribution in [0.5, 0.6) is 0 Å². The first-order chi connectivity index (χ1) is 9.76. The molecule has 1 unspecified atom stereocenters. The Morgan fingerprint density at radius 1 is 1.19 bits per heavy atom. The van der Waals surface area contributed by atoms with E-state index in [1.807, 2.05) is 6.92 Å². The van der Waals surface area contributed by atoms with Crippen LogP contribution in [0.25, 0.3) is 0 Å². The number of halogens is 1. The molecule has 0 aliphatic heterocycles. The Morgan fingerprint density at radius 2 is 1.86 bits per heavy atom. The van der Waals surface area contributed by atoms with E-state index < -0.39 is 15.8 Å². The van der Waals surface area contributed by atoms with Crippen molar-refractivity contribution in [3.8, 4) is 0 Å². The van der Waals surface area contributed by atoms with Gasteiger partial charge in [-0.25, -0.2) is 17.5 Å². The van der Waals surface area contributed by atoms with Gasteiger partial charge in [0.05, 0.1) is 4.90 Å². The van der Waals surface area contributed by atoms with Gasteiger partial charge in [0.15, 0.2) is 0 Å². The molecule has 4 nitrogen and oxygen atoms in total. The average molecular weight is 316 g/mol. The lowest BCUT2D eigenvalue weighted by atomic mass is 10.1. The van der Waals surface area contributed by atoms with Crippen LogP contribution in [0, 0.1) is 11.7 Å². The molecule has 0 aromatic heterocycles. The van der Waals surface area contributed by atoms with Gasteiger partial charge in [-0.1, -0.05) is 19.9 Å². The molecule has 0 fully saturated rings. The van der Waals surface area contributed by atoms with E-state index in [1.165, 1.54) is 12.1 Å². The second-order valence-corrected chi connectivity index (χ2v) is 7.46. The van der Waals surface area contributed by atoms with Crippen LogP contribution in [-0.4, -0.2) is 21.5 Å². The highest BCUT2D eigenvalue weighted by molar-refractivity contribution is 7.89. The summed E-state index contributed by atoms with van der Waals surface area (Å²) in [5.74, 6) is -0.0314. The third-order valence-corrected chi connectivity index (χ3v) is 4.89. The van der Waals surface area contributed by atoms with Crippen molar-refractivity contribution in [2.45, 2.75) is 51.1 Å². The van der Waals surface area contributed by atoms with Crippen molar-refractivity contribution in [1.82, 2.24) is 10.0 Å². The normalized spacial score (nSPS) is 13.6. The Bertz CT molecular complexity index is 559. The van der Waals surface area contributed by atoms with Gasteiger partial charge in [-0.2, -0.15) is 0 Å². The lowest BCUT2D eigenvalue weighted by molar-refractivity contribution is 0.484. The number of nitrogens with one attached hydrogen (secondary N) is 2. The van der Waals surface area contributed by atoms with Gasteiger partial charge in [0.25, 0.3) is 0 Å². The highest BCUT2D eigenvalue weighted by atomic mass is 32.2. The second kappa shape index (κ2) is 7.87. The summed E-state index contributed by atoms with van der Waals surface area (Å²) in [5.41, 5.74) is 0.558. The highest BCUT2D eigenvalue weighted by Crippen LogP contribution is 2.18. The van der Waals surface area contributed by atoms with Crippen molar-refractivity contribution in [2.24, 2.45) is 5.92 Å². The number of rotatable bonds is 8. The molecule has 120 valence electrons. The molecule has 0 saturated carbocycles. The molecular formula is C15H25FN2O2S. The van der Waals surface area contributed by atoms with Gasteiger partial charge in [-0.3, -0.25) is 0 Å². The first kappa shape index (κ1) is 18.1. The molecule has 1 aromatic carbocycles. The quantitative estimate of drug-likeness (QED) is 0.775. The van der Waals surface area contributed by atoms with E-state index in [0.29, 0.717) is 18.0 Å². The number of benzene rings is 1. The first-order valence-corrected chi connectivity index (χ1v) is 8.70. The van der Waals surface area contributed by atoms with Gasteiger partial charge < -0.3 is 5.32 Å². The van der Waals surface area contributed by atoms with E-state index in [2.05, 4.69) is 23.9 Å². The highest BCUT2D eigenvalue weighted by Gasteiger charge is 2.21. The molecule has 1 rings (SSSR count). The Kier molecular flexibility index (Phi) is 6.77. The molecular weight excluding hydrogens is 291 g/mol. The molecule has 0 amide bonds. The third-order valence-electron chi connectivity index (χ3n) is 3.22. The minimum Gasteiger partial charge on any atom is -0.316 e. The summed E-state index contributed by atoms with van der Waals surface area (Å²) >= 11 is 0. The largest absolute Gasteiger partial charge is 0.316 e. The van der Waals surface area contributed by atoms with Gasteiger partial charge >= 0.3 is 0 Å². The fraction of sp³-hybridized carbons (Fsp3) is 0.600. The minimum atomic E-state index is -3.71. The first-order valence-electron chi connectivity index (χ1n) is 7.21. The molecule has 0 aliphatic rings. The van der Waals surface area contributed by atoms with Crippen molar-refractivity contribution >= 4 is 10.0 Å². The maximum Gasteiger partial charge on any atom is 0.241 e. The van der Waals surface area contributed by atoms with Gasteiger partial charge in [0.1, 0.15) is 5.82 Å². The van der Waals surface area contributed by atoms with Crippen LogP contribution < -0.4 is 10.0 Å². The van der Waals surface area contributed by atoms with Gasteiger partial charge in [-0.05, 0) is 50.4 Å². The number of hydrogen-bond donors (Lipinski definition) is 2. The number of hydrogen-bond acceptors (Lipinski definition) is 3. The zero-order chi connectivity index (χ0) is 16.0. The Labute approximate surface area is 127 Å². The lowest BCUT2D eigenvalue weighted by Crippen LogP contribution is -2.33. The predicted octanol–water partition coefficient (Wildman–Crippen LogP) is 2.65. The zero-order valence-electron chi connectivity index (χ0n) is 13.1. The van der Waals surface area contributed by atoms with Crippen molar-refractivity contribution < 1.29 is 12.8 Å². The molecule has 0 saturated heterocycles. The second-order valence-electron chi connectivity index (χ2n) is 5.78. The van der Waals surface area contributed by atoms with E-state index in [4.69, 9.17) is 0 Å². The summed E-state index contributed by atoms with van der Waals surface area (Å²) in [6.45, 7) is 6.39. The SMILES string of the molecule is CNCc1ccc(F)cc1S(=O)(=O)NC(C)CCC(C)C. The summed E-state index contributed by atoms with van der Waals surface area (Å²) in [6, 6.07) is 3.67. The van der Waals surface area contributed by atoms with Crippen molar-refractivity contribution in [1.29, 1.82) is 0 Å². The van der Waals surface area contributed by atoms with E-state index in [0.717, 1.165) is 18.9 Å². The third kappa shape index (κ3) is 5.73. The summed E-state index contributed by atoms with van der Waals surface area (Å²) in [5, 5.41) is 2.89. The topological polar surface area (TPSA) is 58.2 Å². The summed E-state index contributed by atoms with van der Waals surface area (Å²) in [6.07, 6.45) is 1.70. The van der Waals surface area contributed by atoms with Crippen LogP contribution >= 0.6 is 0 Å². The summed E-state index contributed by atoms with van der Waals surface area (Å²) < 4.78 is 40.9. The van der Waals surface area contributed by atoms with Crippen molar-refractivity contribution in [3.63, 3.8) is 0 Å². The molecule has 1 aromatic rings. The minimum absolute atomic E-state index is 0.00764. The number of sulfonamides is 1. The van der Waals surface area contributed by atoms with Crippen molar-refractivity contribution in [2.75, 3.05) is 7.05 Å². The maximum atomic E-state index is 13.4. The smallest absolute Gasteiger partial charge is 0.241 e. The Morgan fingerprint density at radius 3 is 2.43 bits per heavy atom. The molecule has 6 heteroatoms. The van der Waals surface area contributed by atoms with Crippen LogP contribution in [0.15, 0.2) is 23.1 Å². The molecule has 0 heterocycles. The van der Waals surface area contributed by atoms with Crippen LogP contribution in [0.3, 0.4) is 0 Å². The van der Waals surface area contributed by atoms with E-state index in [1.54, 1.807) is 7.05 Å². The van der Waals surface area contributed by atoms with Crippen molar-refractivity contribution in [3.05, 3.63) is 29.6 Å². The zero-order valence-corrected chi connectivity index (χ0v) is 13.9. The Hall–Kier alpha value is -0.980. The van der Waals surface area contributed by atoms with Crippen LogP contribution in [0.2, 0.25) is 0 Å². The van der Waals surface area contributed by atoms with Gasteiger partial charge in [0, 0.05) is 12.6 Å². The molecule has 0 aliphatic carbocycles. The van der Waals surface area contributed by atoms with Gasteiger partial charge in [-0.15, -0.1) is 0 Å². The predicted molar refractivity (Wildman–Crippen MR) is 83.0 cm³/mol. The van der Waals surface area contributed by atoms with Crippen LogP contribution in [-0.2, 0) is 16.6 Å². The summed E-state index contributed by atoms with van der Waals surface area (Å²) in [4.78, 5) is 0.00764. The van der Waals surface area contributed by atoms with Gasteiger partial charge in [0.2, 0.25) is 10.0 Å². The maximum absolute atomic E-state index is 13.4. The Balaban J connectivity index is 2.94. The average Bonchev–Trinajstić information content (AvgIpc) is 2.38. The lowest BCUT2D eigenvalue weighted by Gasteiger charge is -2.17.